The van der Waals surface area contributed by atoms with Crippen LogP contribution in [0.4, 0.5) is 11.4 Å². The van der Waals surface area contributed by atoms with Gasteiger partial charge in [0.25, 0.3) is 0 Å². The summed E-state index contributed by atoms with van der Waals surface area (Å²) in [6.07, 6.45) is 2.32. The maximum Gasteiger partial charge on any atom is 0.106 e. The number of nitrogen functional groups attached to an aromatic ring is 1. The van der Waals surface area contributed by atoms with E-state index in [0.29, 0.717) is 12.1 Å². The van der Waals surface area contributed by atoms with Gasteiger partial charge in [-0.3, -0.25) is 0 Å². The Hall–Kier alpha value is -1.33. The van der Waals surface area contributed by atoms with Gasteiger partial charge in [0.1, 0.15) is 5.52 Å². The van der Waals surface area contributed by atoms with Crippen LogP contribution in [0.5, 0.6) is 0 Å². The minimum absolute atomic E-state index is 0.504. The van der Waals surface area contributed by atoms with Gasteiger partial charge in [0, 0.05) is 18.6 Å². The Bertz CT molecular complexity index is 580. The molecule has 2 heterocycles. The van der Waals surface area contributed by atoms with Crippen molar-refractivity contribution in [2.45, 2.75) is 31.8 Å². The highest BCUT2D eigenvalue weighted by Gasteiger charge is 2.23. The van der Waals surface area contributed by atoms with Gasteiger partial charge in [-0.1, -0.05) is 0 Å². The van der Waals surface area contributed by atoms with E-state index in [1.165, 1.54) is 0 Å². The average Bonchev–Trinajstić information content (AvgIpc) is 2.86. The van der Waals surface area contributed by atoms with Crippen LogP contribution >= 0.6 is 11.3 Å². The van der Waals surface area contributed by atoms with Gasteiger partial charge in [-0.2, -0.15) is 0 Å². The van der Waals surface area contributed by atoms with Gasteiger partial charge in [-0.05, 0) is 38.9 Å². The predicted octanol–water partition coefficient (Wildman–Crippen LogP) is 2.77. The lowest BCUT2D eigenvalue weighted by Gasteiger charge is -2.36. The molecule has 5 heteroatoms. The first-order valence-electron chi connectivity index (χ1n) is 6.73. The molecule has 0 saturated carbocycles. The third-order valence-corrected chi connectivity index (χ3v) is 4.90. The van der Waals surface area contributed by atoms with Crippen molar-refractivity contribution >= 4 is 32.9 Å². The van der Waals surface area contributed by atoms with Gasteiger partial charge in [0.15, 0.2) is 0 Å². The van der Waals surface area contributed by atoms with Crippen LogP contribution in [0.2, 0.25) is 0 Å². The molecule has 1 saturated heterocycles. The summed E-state index contributed by atoms with van der Waals surface area (Å²) in [4.78, 5) is 6.75. The second-order valence-electron chi connectivity index (χ2n) is 5.42. The van der Waals surface area contributed by atoms with E-state index in [4.69, 9.17) is 5.73 Å². The third-order valence-electron chi connectivity index (χ3n) is 4.11. The Balaban J connectivity index is 1.79. The van der Waals surface area contributed by atoms with Crippen LogP contribution in [0.15, 0.2) is 17.6 Å². The van der Waals surface area contributed by atoms with Crippen LogP contribution in [0.25, 0.3) is 10.2 Å². The van der Waals surface area contributed by atoms with Crippen molar-refractivity contribution in [2.24, 2.45) is 0 Å². The molecule has 4 nitrogen and oxygen atoms in total. The van der Waals surface area contributed by atoms with E-state index in [9.17, 15) is 0 Å². The molecule has 0 aliphatic carbocycles. The van der Waals surface area contributed by atoms with Crippen molar-refractivity contribution in [2.75, 3.05) is 24.6 Å². The monoisotopic (exact) mass is 276 g/mol. The molecular weight excluding hydrogens is 256 g/mol. The van der Waals surface area contributed by atoms with Crippen molar-refractivity contribution in [1.29, 1.82) is 0 Å². The minimum Gasteiger partial charge on any atom is -0.395 e. The van der Waals surface area contributed by atoms with Crippen LogP contribution in [-0.4, -0.2) is 35.6 Å². The lowest BCUT2D eigenvalue weighted by Crippen LogP contribution is -2.42. The molecule has 2 atom stereocenters. The molecule has 19 heavy (non-hydrogen) atoms. The molecule has 0 spiro atoms. The van der Waals surface area contributed by atoms with Gasteiger partial charge < -0.3 is 16.0 Å². The summed E-state index contributed by atoms with van der Waals surface area (Å²) in [6.45, 7) is 3.42. The number of likely N-dealkylation sites (tertiary alicyclic amines) is 1. The molecule has 0 bridgehead atoms. The molecule has 102 valence electrons. The number of thiazole rings is 1. The fourth-order valence-corrected chi connectivity index (χ4v) is 3.41. The Morgan fingerprint density at radius 3 is 3.11 bits per heavy atom. The predicted molar refractivity (Wildman–Crippen MR) is 82.8 cm³/mol. The molecule has 0 radical (unpaired) electrons. The summed E-state index contributed by atoms with van der Waals surface area (Å²) < 4.78 is 1.15. The minimum atomic E-state index is 0.504. The molecule has 1 fully saturated rings. The number of nitrogens with one attached hydrogen (secondary N) is 1. The number of rotatable bonds is 2. The van der Waals surface area contributed by atoms with E-state index in [0.717, 1.165) is 41.0 Å². The summed E-state index contributed by atoms with van der Waals surface area (Å²) in [5.41, 5.74) is 10.8. The Morgan fingerprint density at radius 2 is 2.32 bits per heavy atom. The maximum absolute atomic E-state index is 6.21. The van der Waals surface area contributed by atoms with Crippen LogP contribution < -0.4 is 11.1 Å². The summed E-state index contributed by atoms with van der Waals surface area (Å²) in [7, 11) is 2.19. The molecule has 2 aromatic rings. The topological polar surface area (TPSA) is 54.2 Å². The first-order valence-corrected chi connectivity index (χ1v) is 7.61. The van der Waals surface area contributed by atoms with E-state index in [2.05, 4.69) is 41.3 Å². The Labute approximate surface area is 117 Å². The summed E-state index contributed by atoms with van der Waals surface area (Å²) in [5.74, 6) is 0. The molecule has 3 N–H and O–H groups in total. The Morgan fingerprint density at radius 1 is 1.47 bits per heavy atom. The van der Waals surface area contributed by atoms with Crippen LogP contribution in [0.1, 0.15) is 19.8 Å². The highest BCUT2D eigenvalue weighted by atomic mass is 32.1. The average molecular weight is 276 g/mol. The molecule has 1 aliphatic heterocycles. The number of fused-ring (bicyclic) bond motifs is 1. The van der Waals surface area contributed by atoms with Crippen molar-refractivity contribution in [1.82, 2.24) is 9.88 Å². The van der Waals surface area contributed by atoms with Gasteiger partial charge >= 0.3 is 0 Å². The van der Waals surface area contributed by atoms with Gasteiger partial charge in [-0.15, -0.1) is 11.3 Å². The SMILES string of the molecule is CC1CC(Nc2ccc3scnc3c2N)CCN1C. The highest BCUT2D eigenvalue weighted by Crippen LogP contribution is 2.31. The molecular formula is C14H20N4S. The number of anilines is 2. The van der Waals surface area contributed by atoms with Crippen molar-refractivity contribution in [3.8, 4) is 0 Å². The molecule has 2 unspecified atom stereocenters. The number of aromatic nitrogens is 1. The molecule has 1 aliphatic rings. The van der Waals surface area contributed by atoms with Crippen molar-refractivity contribution < 1.29 is 0 Å². The zero-order valence-electron chi connectivity index (χ0n) is 11.4. The van der Waals surface area contributed by atoms with Crippen molar-refractivity contribution in [3.63, 3.8) is 0 Å². The first-order chi connectivity index (χ1) is 9.15. The number of nitrogens with two attached hydrogens (primary N) is 1. The summed E-state index contributed by atoms with van der Waals surface area (Å²) >= 11 is 1.63. The van der Waals surface area contributed by atoms with Crippen molar-refractivity contribution in [3.05, 3.63) is 17.6 Å². The number of benzene rings is 1. The fraction of sp³-hybridized carbons (Fsp3) is 0.500. The zero-order chi connectivity index (χ0) is 13.4. The van der Waals surface area contributed by atoms with Crippen LogP contribution in [-0.2, 0) is 0 Å². The fourth-order valence-electron chi connectivity index (χ4n) is 2.72. The molecule has 1 aromatic heterocycles. The van der Waals surface area contributed by atoms with Gasteiger partial charge in [-0.25, -0.2) is 4.98 Å². The molecule has 0 amide bonds. The van der Waals surface area contributed by atoms with E-state index < -0.39 is 0 Å². The van der Waals surface area contributed by atoms with Crippen LogP contribution in [0.3, 0.4) is 0 Å². The largest absolute Gasteiger partial charge is 0.395 e. The quantitative estimate of drug-likeness (QED) is 0.828. The molecule has 1 aromatic carbocycles. The normalized spacial score (nSPS) is 24.7. The first kappa shape index (κ1) is 12.7. The standard InChI is InChI=1S/C14H20N4S/c1-9-7-10(5-6-18(9)2)17-11-3-4-12-14(13(11)15)16-8-19-12/h3-4,8-10,17H,5-7,15H2,1-2H3. The number of nitrogens with zero attached hydrogens (tertiary/aromatic N) is 2. The van der Waals surface area contributed by atoms with E-state index in [1.807, 2.05) is 5.51 Å². The van der Waals surface area contributed by atoms with E-state index in [1.54, 1.807) is 11.3 Å². The number of piperidine rings is 1. The smallest absolute Gasteiger partial charge is 0.106 e. The maximum atomic E-state index is 6.21. The second-order valence-corrected chi connectivity index (χ2v) is 6.31. The lowest BCUT2D eigenvalue weighted by atomic mass is 9.98. The van der Waals surface area contributed by atoms with E-state index in [-0.39, 0.29) is 0 Å². The molecule has 3 rings (SSSR count). The number of hydrogen-bond donors (Lipinski definition) is 2. The Kier molecular flexibility index (Phi) is 3.33. The highest BCUT2D eigenvalue weighted by molar-refractivity contribution is 7.16. The second kappa shape index (κ2) is 4.98. The van der Waals surface area contributed by atoms with Gasteiger partial charge in [0.05, 0.1) is 21.6 Å². The lowest BCUT2D eigenvalue weighted by molar-refractivity contribution is 0.190. The summed E-state index contributed by atoms with van der Waals surface area (Å²) in [5, 5.41) is 3.60. The third kappa shape index (κ3) is 2.40. The van der Waals surface area contributed by atoms with Gasteiger partial charge in [0.2, 0.25) is 0 Å². The van der Waals surface area contributed by atoms with Crippen LogP contribution in [0, 0.1) is 0 Å². The van der Waals surface area contributed by atoms with E-state index >= 15 is 0 Å². The number of hydrogen-bond acceptors (Lipinski definition) is 5. The zero-order valence-corrected chi connectivity index (χ0v) is 12.2. The summed E-state index contributed by atoms with van der Waals surface area (Å²) in [6, 6.07) is 5.31.